The molecule has 0 atom stereocenters. The van der Waals surface area contributed by atoms with E-state index in [-0.39, 0.29) is 5.91 Å². The average molecular weight is 419 g/mol. The number of ether oxygens (including phenoxy) is 1. The van der Waals surface area contributed by atoms with Crippen molar-refractivity contribution in [2.24, 2.45) is 0 Å². The minimum absolute atomic E-state index is 0.203. The van der Waals surface area contributed by atoms with Crippen LogP contribution in [0.25, 0.3) is 5.57 Å². The summed E-state index contributed by atoms with van der Waals surface area (Å²) >= 11 is 0. The van der Waals surface area contributed by atoms with Gasteiger partial charge in [-0.3, -0.25) is 4.79 Å². The van der Waals surface area contributed by atoms with Gasteiger partial charge in [-0.05, 0) is 59.7 Å². The summed E-state index contributed by atoms with van der Waals surface area (Å²) in [6, 6.07) is 12.8. The van der Waals surface area contributed by atoms with Crippen LogP contribution in [-0.2, 0) is 24.2 Å². The number of benzene rings is 2. The molecule has 4 rings (SSSR count). The molecule has 4 heteroatoms. The zero-order valence-electron chi connectivity index (χ0n) is 19.3. The summed E-state index contributed by atoms with van der Waals surface area (Å²) in [7, 11) is 3.90. The van der Waals surface area contributed by atoms with E-state index in [0.29, 0.717) is 18.9 Å². The number of rotatable bonds is 5. The van der Waals surface area contributed by atoms with Crippen LogP contribution >= 0.6 is 0 Å². The van der Waals surface area contributed by atoms with Gasteiger partial charge < -0.3 is 14.5 Å². The SMILES string of the molecule is COc1ccc(C2=CCN(C)CC2)c2c1CCN(C(=O)Cc1ccc(C(C)C)cc1)C2. The quantitative estimate of drug-likeness (QED) is 0.708. The van der Waals surface area contributed by atoms with Gasteiger partial charge >= 0.3 is 0 Å². The molecule has 31 heavy (non-hydrogen) atoms. The van der Waals surface area contributed by atoms with Crippen molar-refractivity contribution in [1.82, 2.24) is 9.80 Å². The molecule has 0 radical (unpaired) electrons. The predicted octanol–water partition coefficient (Wildman–Crippen LogP) is 4.66. The van der Waals surface area contributed by atoms with Gasteiger partial charge in [0.1, 0.15) is 5.75 Å². The van der Waals surface area contributed by atoms with Crippen LogP contribution in [0.4, 0.5) is 0 Å². The Labute approximate surface area is 186 Å². The van der Waals surface area contributed by atoms with E-state index in [2.05, 4.69) is 68.3 Å². The molecule has 0 N–H and O–H groups in total. The van der Waals surface area contributed by atoms with Crippen LogP contribution in [0.5, 0.6) is 5.75 Å². The highest BCUT2D eigenvalue weighted by molar-refractivity contribution is 5.80. The van der Waals surface area contributed by atoms with Gasteiger partial charge in [0, 0.05) is 31.7 Å². The Morgan fingerprint density at radius 2 is 1.81 bits per heavy atom. The van der Waals surface area contributed by atoms with Crippen molar-refractivity contribution < 1.29 is 9.53 Å². The third-order valence-electron chi connectivity index (χ3n) is 6.70. The van der Waals surface area contributed by atoms with Crippen molar-refractivity contribution in [1.29, 1.82) is 0 Å². The third kappa shape index (κ3) is 4.69. The highest BCUT2D eigenvalue weighted by atomic mass is 16.5. The summed E-state index contributed by atoms with van der Waals surface area (Å²) < 4.78 is 5.66. The molecule has 2 aromatic carbocycles. The zero-order valence-corrected chi connectivity index (χ0v) is 19.3. The number of amides is 1. The number of likely N-dealkylation sites (N-methyl/N-ethyl adjacent to an activating group) is 1. The van der Waals surface area contributed by atoms with Crippen LogP contribution in [0.2, 0.25) is 0 Å². The Morgan fingerprint density at radius 3 is 2.45 bits per heavy atom. The number of carbonyl (C=O) groups excluding carboxylic acids is 1. The van der Waals surface area contributed by atoms with Gasteiger partial charge in [-0.25, -0.2) is 0 Å². The standard InChI is InChI=1S/C27H34N2O2/c1-19(2)21-7-5-20(6-8-21)17-27(30)29-16-13-24-25(18-29)23(9-10-26(24)31-4)22-11-14-28(3)15-12-22/h5-11,19H,12-18H2,1-4H3. The molecule has 4 nitrogen and oxygen atoms in total. The molecule has 2 heterocycles. The molecule has 2 aliphatic heterocycles. The van der Waals surface area contributed by atoms with Crippen LogP contribution in [-0.4, -0.2) is 49.5 Å². The molecule has 0 fully saturated rings. The van der Waals surface area contributed by atoms with E-state index in [1.165, 1.54) is 27.8 Å². The molecule has 0 saturated carbocycles. The second-order valence-corrected chi connectivity index (χ2v) is 9.15. The van der Waals surface area contributed by atoms with Crippen LogP contribution in [0.15, 0.2) is 42.5 Å². The maximum Gasteiger partial charge on any atom is 0.227 e. The van der Waals surface area contributed by atoms with Gasteiger partial charge in [-0.1, -0.05) is 50.3 Å². The Kier molecular flexibility index (Phi) is 6.47. The Morgan fingerprint density at radius 1 is 1.03 bits per heavy atom. The predicted molar refractivity (Wildman–Crippen MR) is 126 cm³/mol. The Balaban J connectivity index is 1.55. The van der Waals surface area contributed by atoms with Crippen LogP contribution in [0, 0.1) is 0 Å². The first-order chi connectivity index (χ1) is 15.0. The minimum atomic E-state index is 0.203. The lowest BCUT2D eigenvalue weighted by atomic mass is 9.88. The molecule has 0 spiro atoms. The lowest BCUT2D eigenvalue weighted by molar-refractivity contribution is -0.131. The lowest BCUT2D eigenvalue weighted by Crippen LogP contribution is -2.37. The number of nitrogens with zero attached hydrogens (tertiary/aromatic N) is 2. The molecule has 0 unspecified atom stereocenters. The Bertz CT molecular complexity index is 975. The van der Waals surface area contributed by atoms with Gasteiger partial charge in [0.15, 0.2) is 0 Å². The van der Waals surface area contributed by atoms with Gasteiger partial charge in [0.05, 0.1) is 13.5 Å². The van der Waals surface area contributed by atoms with E-state index in [0.717, 1.165) is 43.8 Å². The van der Waals surface area contributed by atoms with E-state index in [9.17, 15) is 4.79 Å². The van der Waals surface area contributed by atoms with Gasteiger partial charge in [-0.15, -0.1) is 0 Å². The third-order valence-corrected chi connectivity index (χ3v) is 6.70. The van der Waals surface area contributed by atoms with Gasteiger partial charge in [-0.2, -0.15) is 0 Å². The van der Waals surface area contributed by atoms with E-state index >= 15 is 0 Å². The van der Waals surface area contributed by atoms with E-state index in [4.69, 9.17) is 4.74 Å². The van der Waals surface area contributed by atoms with Crippen LogP contribution in [0.3, 0.4) is 0 Å². The van der Waals surface area contributed by atoms with Crippen LogP contribution in [0.1, 0.15) is 54.0 Å². The normalized spacial score (nSPS) is 16.8. The molecule has 2 aliphatic rings. The first-order valence-corrected chi connectivity index (χ1v) is 11.4. The summed E-state index contributed by atoms with van der Waals surface area (Å²) in [4.78, 5) is 17.5. The van der Waals surface area contributed by atoms with Crippen molar-refractivity contribution in [3.8, 4) is 5.75 Å². The maximum absolute atomic E-state index is 13.2. The van der Waals surface area contributed by atoms with Crippen molar-refractivity contribution in [2.45, 2.75) is 45.6 Å². The van der Waals surface area contributed by atoms with Crippen molar-refractivity contribution >= 4 is 11.5 Å². The van der Waals surface area contributed by atoms with Crippen molar-refractivity contribution in [3.05, 3.63) is 70.3 Å². The molecular formula is C27H34N2O2. The molecule has 0 saturated heterocycles. The fourth-order valence-corrected chi connectivity index (χ4v) is 4.67. The fraction of sp³-hybridized carbons (Fsp3) is 0.444. The molecule has 164 valence electrons. The van der Waals surface area contributed by atoms with E-state index in [1.54, 1.807) is 7.11 Å². The molecule has 0 bridgehead atoms. The average Bonchev–Trinajstić information content (AvgIpc) is 2.79. The van der Waals surface area contributed by atoms with Gasteiger partial charge in [0.2, 0.25) is 5.91 Å². The number of hydrogen-bond donors (Lipinski definition) is 0. The summed E-state index contributed by atoms with van der Waals surface area (Å²) in [5.41, 5.74) is 7.63. The molecule has 0 aliphatic carbocycles. The van der Waals surface area contributed by atoms with Crippen molar-refractivity contribution in [2.75, 3.05) is 33.8 Å². The second kappa shape index (κ2) is 9.27. The highest BCUT2D eigenvalue weighted by Crippen LogP contribution is 2.36. The monoisotopic (exact) mass is 418 g/mol. The molecular weight excluding hydrogens is 384 g/mol. The number of fused-ring (bicyclic) bond motifs is 1. The highest BCUT2D eigenvalue weighted by Gasteiger charge is 2.27. The lowest BCUT2D eigenvalue weighted by Gasteiger charge is -2.33. The minimum Gasteiger partial charge on any atom is -0.496 e. The van der Waals surface area contributed by atoms with Crippen molar-refractivity contribution in [3.63, 3.8) is 0 Å². The largest absolute Gasteiger partial charge is 0.496 e. The summed E-state index contributed by atoms with van der Waals surface area (Å²) in [5, 5.41) is 0. The fourth-order valence-electron chi connectivity index (χ4n) is 4.67. The summed E-state index contributed by atoms with van der Waals surface area (Å²) in [5.74, 6) is 1.66. The smallest absolute Gasteiger partial charge is 0.227 e. The van der Waals surface area contributed by atoms with Gasteiger partial charge in [0.25, 0.3) is 0 Å². The van der Waals surface area contributed by atoms with E-state index in [1.807, 2.05) is 4.90 Å². The Hall–Kier alpha value is -2.59. The number of hydrogen-bond acceptors (Lipinski definition) is 3. The van der Waals surface area contributed by atoms with Crippen LogP contribution < -0.4 is 4.74 Å². The summed E-state index contributed by atoms with van der Waals surface area (Å²) in [6.45, 7) is 7.84. The first kappa shape index (κ1) is 21.6. The maximum atomic E-state index is 13.2. The van der Waals surface area contributed by atoms with E-state index < -0.39 is 0 Å². The zero-order chi connectivity index (χ0) is 22.0. The molecule has 0 aromatic heterocycles. The second-order valence-electron chi connectivity index (χ2n) is 9.15. The number of carbonyl (C=O) groups is 1. The molecule has 2 aromatic rings. The topological polar surface area (TPSA) is 32.8 Å². The summed E-state index contributed by atoms with van der Waals surface area (Å²) in [6.07, 6.45) is 4.69. The molecule has 1 amide bonds. The first-order valence-electron chi connectivity index (χ1n) is 11.4. The number of methoxy groups -OCH3 is 1.